The van der Waals surface area contributed by atoms with Gasteiger partial charge >= 0.3 is 12.2 Å². The zero-order valence-corrected chi connectivity index (χ0v) is 33.4. The summed E-state index contributed by atoms with van der Waals surface area (Å²) in [7, 11) is -17.6. The summed E-state index contributed by atoms with van der Waals surface area (Å²) in [5.74, 6) is -1.33. The minimum absolute atomic E-state index is 0.00436. The van der Waals surface area contributed by atoms with E-state index >= 15 is 0 Å². The van der Waals surface area contributed by atoms with E-state index in [2.05, 4.69) is 34.2 Å². The van der Waals surface area contributed by atoms with E-state index in [-0.39, 0.29) is 39.1 Å². The van der Waals surface area contributed by atoms with Crippen LogP contribution in [0.2, 0.25) is 0 Å². The van der Waals surface area contributed by atoms with Crippen LogP contribution in [0, 0.1) is 11.6 Å². The second kappa shape index (κ2) is 18.2. The van der Waals surface area contributed by atoms with Gasteiger partial charge in [-0.05, 0) is 60.4 Å². The fraction of sp³-hybridized carbons (Fsp3) is 0.219. The van der Waals surface area contributed by atoms with Crippen molar-refractivity contribution in [1.29, 1.82) is 0 Å². The monoisotopic (exact) mass is 898 g/mol. The van der Waals surface area contributed by atoms with Crippen LogP contribution in [-0.2, 0) is 47.2 Å². The lowest BCUT2D eigenvalue weighted by Gasteiger charge is -2.35. The standard InChI is InChI=1S/C32H32F2N7O14P3S/c1-59-30-39-27(35)24-28(40-30)41(17-36-24)29-26(53-32(43)38-22-13-9-20(34)10-14-22)25(52-31(42)37-21-11-7-19(33)8-12-21)23(51-29)15-50-57(46,47)55-58(48,49)54-56(44,45)16-18-5-3-2-4-6-18/h2-14,17,23,25-26,29H,15-16H2,1H3,(H,37,42)(H,38,43)(H,44,45)(H,46,47)(H,48,49)(H2,35,39,40)/p-3/t23-,25+,26?,29-/m1/s1. The summed E-state index contributed by atoms with van der Waals surface area (Å²) in [5.41, 5.74) is 6.31. The van der Waals surface area contributed by atoms with Crippen LogP contribution in [0.4, 0.5) is 35.6 Å². The number of thioether (sulfide) groups is 1. The number of halogens is 2. The predicted octanol–water partition coefficient (Wildman–Crippen LogP) is 4.28. The minimum Gasteiger partial charge on any atom is -0.778 e. The maximum atomic E-state index is 13.6. The molecule has 21 nitrogen and oxygen atoms in total. The Bertz CT molecular complexity index is 2460. The van der Waals surface area contributed by atoms with Crippen LogP contribution in [0.15, 0.2) is 90.3 Å². The van der Waals surface area contributed by atoms with E-state index < -0.39 is 84.4 Å². The zero-order chi connectivity index (χ0) is 42.5. The molecule has 2 amide bonds. The molecule has 7 atom stereocenters. The molecule has 59 heavy (non-hydrogen) atoms. The van der Waals surface area contributed by atoms with Crippen molar-refractivity contribution in [2.24, 2.45) is 0 Å². The highest BCUT2D eigenvalue weighted by molar-refractivity contribution is 7.98. The van der Waals surface area contributed by atoms with Crippen LogP contribution in [0.3, 0.4) is 0 Å². The lowest BCUT2D eigenvalue weighted by atomic mass is 10.1. The lowest BCUT2D eigenvalue weighted by Crippen LogP contribution is -2.42. The number of nitrogens with one attached hydrogen (secondary N) is 2. The quantitative estimate of drug-likeness (QED) is 0.0750. The number of rotatable bonds is 15. The minimum atomic E-state index is -6.20. The Hall–Kier alpha value is -4.83. The first-order chi connectivity index (χ1) is 27.9. The Morgan fingerprint density at radius 3 is 2.00 bits per heavy atom. The van der Waals surface area contributed by atoms with E-state index in [0.717, 1.165) is 42.4 Å². The molecule has 0 saturated carbocycles. The number of phosphoric ester groups is 1. The van der Waals surface area contributed by atoms with Gasteiger partial charge in [0.15, 0.2) is 35.1 Å². The zero-order valence-electron chi connectivity index (χ0n) is 29.9. The summed E-state index contributed by atoms with van der Waals surface area (Å²) in [6.45, 7) is -1.25. The highest BCUT2D eigenvalue weighted by Gasteiger charge is 2.52. The van der Waals surface area contributed by atoms with Crippen LogP contribution >= 0.6 is 35.0 Å². The van der Waals surface area contributed by atoms with Crippen LogP contribution in [-0.4, -0.2) is 62.9 Å². The predicted molar refractivity (Wildman–Crippen MR) is 197 cm³/mol. The van der Waals surface area contributed by atoms with Gasteiger partial charge in [-0.1, -0.05) is 42.1 Å². The first-order valence-corrected chi connectivity index (χ1v) is 22.5. The number of nitrogen functional groups attached to an aromatic ring is 1. The number of nitrogens with zero attached hydrogens (tertiary/aromatic N) is 4. The van der Waals surface area contributed by atoms with E-state index in [1.54, 1.807) is 12.3 Å². The third-order valence-corrected chi connectivity index (χ3v) is 13.0. The molecule has 2 aromatic heterocycles. The normalized spacial score (nSPS) is 20.8. The van der Waals surface area contributed by atoms with Gasteiger partial charge in [-0.25, -0.2) is 37.6 Å². The highest BCUT2D eigenvalue weighted by Crippen LogP contribution is 2.63. The SMILES string of the molecule is CSc1nc(N)c2ncn([C@@H]3O[C@H](COP(=O)([O-])OP(=O)([O-])OP(=O)([O-])Cc4ccccc4)[C@H](OC(=O)Nc4ccc(F)cc4)C3OC(=O)Nc3ccc(F)cc3)c2n1. The number of fused-ring (bicyclic) bond motifs is 1. The Kier molecular flexibility index (Phi) is 13.5. The van der Waals surface area contributed by atoms with Gasteiger partial charge in [-0.3, -0.25) is 28.6 Å². The number of nitrogens with two attached hydrogens (primary N) is 1. The molecule has 27 heteroatoms. The van der Waals surface area contributed by atoms with Crippen molar-refractivity contribution >= 4 is 75.5 Å². The van der Waals surface area contributed by atoms with Gasteiger partial charge in [0.2, 0.25) is 0 Å². The molecule has 1 saturated heterocycles. The molecule has 3 aromatic carbocycles. The number of hydrogen-bond acceptors (Lipinski definition) is 19. The Morgan fingerprint density at radius 1 is 0.847 bits per heavy atom. The van der Waals surface area contributed by atoms with E-state index in [1.807, 2.05) is 0 Å². The summed E-state index contributed by atoms with van der Waals surface area (Å²) in [5, 5.41) is 4.83. The van der Waals surface area contributed by atoms with Crippen molar-refractivity contribution in [3.05, 3.63) is 102 Å². The van der Waals surface area contributed by atoms with Crippen molar-refractivity contribution < 1.29 is 74.1 Å². The van der Waals surface area contributed by atoms with E-state index in [1.165, 1.54) is 53.1 Å². The van der Waals surface area contributed by atoms with Gasteiger partial charge in [0.05, 0.1) is 12.9 Å². The van der Waals surface area contributed by atoms with Gasteiger partial charge < -0.3 is 43.7 Å². The maximum absolute atomic E-state index is 13.6. The molecule has 6 rings (SSSR count). The van der Waals surface area contributed by atoms with Gasteiger partial charge in [0.25, 0.3) is 15.6 Å². The van der Waals surface area contributed by atoms with E-state index in [4.69, 9.17) is 24.5 Å². The number of benzene rings is 3. The second-order valence-corrected chi connectivity index (χ2v) is 17.8. The Labute approximate surface area is 335 Å². The summed E-state index contributed by atoms with van der Waals surface area (Å²) in [6.07, 6.45) is -7.74. The van der Waals surface area contributed by atoms with Gasteiger partial charge in [0, 0.05) is 17.5 Å². The fourth-order valence-corrected chi connectivity index (χ4v) is 9.81. The smallest absolute Gasteiger partial charge is 0.412 e. The van der Waals surface area contributed by atoms with Gasteiger partial charge in [0.1, 0.15) is 30.9 Å². The average Bonchev–Trinajstić information content (AvgIpc) is 3.73. The van der Waals surface area contributed by atoms with Crippen LogP contribution in [0.25, 0.3) is 11.2 Å². The third kappa shape index (κ3) is 11.7. The van der Waals surface area contributed by atoms with Crippen molar-refractivity contribution in [3.63, 3.8) is 0 Å². The van der Waals surface area contributed by atoms with Crippen LogP contribution < -0.4 is 31.0 Å². The summed E-state index contributed by atoms with van der Waals surface area (Å²) in [4.78, 5) is 77.1. The number of carbonyl (C=O) groups is 2. The first-order valence-electron chi connectivity index (χ1n) is 16.6. The molecule has 4 N–H and O–H groups in total. The number of aromatic nitrogens is 4. The van der Waals surface area contributed by atoms with Crippen molar-refractivity contribution in [3.8, 4) is 0 Å². The number of imidazole rings is 1. The summed E-state index contributed by atoms with van der Waals surface area (Å²) >= 11 is 1.09. The maximum Gasteiger partial charge on any atom is 0.412 e. The number of anilines is 3. The molecule has 3 heterocycles. The average molecular weight is 899 g/mol. The summed E-state index contributed by atoms with van der Waals surface area (Å²) in [6, 6.07) is 16.1. The molecule has 0 spiro atoms. The molecule has 0 bridgehead atoms. The Balaban J connectivity index is 1.30. The molecule has 5 aromatic rings. The molecule has 0 radical (unpaired) electrons. The third-order valence-electron chi connectivity index (χ3n) is 7.88. The second-order valence-electron chi connectivity index (χ2n) is 12.1. The summed E-state index contributed by atoms with van der Waals surface area (Å²) < 4.78 is 96.4. The van der Waals surface area contributed by atoms with Crippen molar-refractivity contribution in [1.82, 2.24) is 19.5 Å². The lowest BCUT2D eigenvalue weighted by molar-refractivity contribution is -0.246. The number of ether oxygens (including phenoxy) is 3. The first kappa shape index (κ1) is 43.7. The number of amides is 2. The van der Waals surface area contributed by atoms with Crippen LogP contribution in [0.5, 0.6) is 0 Å². The molecule has 314 valence electrons. The number of hydrogen-bond donors (Lipinski definition) is 3. The molecular weight excluding hydrogens is 869 g/mol. The largest absolute Gasteiger partial charge is 0.778 e. The molecular formula is C32H29F2N7O14P3S-3. The fourth-order valence-electron chi connectivity index (χ4n) is 5.45. The van der Waals surface area contributed by atoms with Crippen molar-refractivity contribution in [2.75, 3.05) is 29.2 Å². The van der Waals surface area contributed by atoms with Gasteiger partial charge in [-0.2, -0.15) is 0 Å². The topological polar surface area (TPSA) is 304 Å². The van der Waals surface area contributed by atoms with Crippen molar-refractivity contribution in [2.45, 2.75) is 35.9 Å². The Morgan fingerprint density at radius 2 is 1.42 bits per heavy atom. The van der Waals surface area contributed by atoms with Crippen LogP contribution in [0.1, 0.15) is 11.8 Å². The van der Waals surface area contributed by atoms with E-state index in [9.17, 15) is 46.7 Å². The number of phosphoric acid groups is 2. The molecule has 1 aliphatic rings. The highest BCUT2D eigenvalue weighted by atomic mass is 32.2. The van der Waals surface area contributed by atoms with Gasteiger partial charge in [-0.15, -0.1) is 0 Å². The van der Waals surface area contributed by atoms with E-state index in [0.29, 0.717) is 0 Å². The molecule has 4 unspecified atom stereocenters. The molecule has 0 aliphatic carbocycles. The number of carbonyl (C=O) groups excluding carboxylic acids is 2. The molecule has 1 aliphatic heterocycles. The molecule has 1 fully saturated rings.